The van der Waals surface area contributed by atoms with Crippen molar-refractivity contribution in [3.63, 3.8) is 0 Å². The molecule has 0 aliphatic rings. The van der Waals surface area contributed by atoms with Crippen molar-refractivity contribution in [1.29, 1.82) is 0 Å². The van der Waals surface area contributed by atoms with Crippen LogP contribution in [0.3, 0.4) is 0 Å². The van der Waals surface area contributed by atoms with Gasteiger partial charge in [-0.1, -0.05) is 26.7 Å². The summed E-state index contributed by atoms with van der Waals surface area (Å²) in [4.78, 5) is 3.84. The molecule has 0 radical (unpaired) electrons. The molecule has 0 saturated heterocycles. The van der Waals surface area contributed by atoms with Gasteiger partial charge in [0.15, 0.2) is 0 Å². The fraction of sp³-hybridized carbons (Fsp3) is 1.00. The molecule has 0 aliphatic heterocycles. The van der Waals surface area contributed by atoms with Gasteiger partial charge in [-0.05, 0) is 41.3 Å². The summed E-state index contributed by atoms with van der Waals surface area (Å²) in [5.74, 6) is 0. The zero-order chi connectivity index (χ0) is 13.1. The van der Waals surface area contributed by atoms with Gasteiger partial charge >= 0.3 is 16.5 Å². The van der Waals surface area contributed by atoms with E-state index in [-0.39, 0.29) is 16.5 Å². The molecule has 5 heteroatoms. The van der Waals surface area contributed by atoms with Crippen LogP contribution in [0.25, 0.3) is 0 Å². The Morgan fingerprint density at radius 3 is 1.06 bits per heavy atom. The number of nitrogens with zero attached hydrogens (tertiary/aromatic N) is 2. The molecule has 2 unspecified atom stereocenters. The number of rotatable bonds is 6. The first-order valence-corrected chi connectivity index (χ1v) is 5.94. The molecule has 0 aromatic carbocycles. The minimum Gasteiger partial charge on any atom is -0.851 e. The maximum atomic E-state index is 10.7. The van der Waals surface area contributed by atoms with Crippen LogP contribution >= 0.6 is 0 Å². The number of likely N-dealkylation sites (N-methyl/N-ethyl adjacent to an activating group) is 2. The monoisotopic (exact) mass is 290 g/mol. The Hall–Kier alpha value is 0.334. The summed E-state index contributed by atoms with van der Waals surface area (Å²) in [6, 6.07) is 0. The van der Waals surface area contributed by atoms with Crippen LogP contribution in [-0.2, 0) is 16.5 Å². The first kappa shape index (κ1) is 22.5. The maximum absolute atomic E-state index is 10.7. The van der Waals surface area contributed by atoms with E-state index in [0.29, 0.717) is 13.1 Å². The Morgan fingerprint density at radius 2 is 1.00 bits per heavy atom. The zero-order valence-electron chi connectivity index (χ0n) is 12.0. The third kappa shape index (κ3) is 22.1. The molecule has 0 aliphatic carbocycles. The van der Waals surface area contributed by atoms with E-state index in [1.165, 1.54) is 0 Å². The fourth-order valence-corrected chi connectivity index (χ4v) is 1.07. The molecule has 0 spiro atoms. The van der Waals surface area contributed by atoms with Gasteiger partial charge in [0.25, 0.3) is 0 Å². The Labute approximate surface area is 117 Å². The standard InChI is InChI=1S/2C6H14NO.Ni/c2*1-4-6(8)5-7(2)3;/h2*6H,4-5H2,1-3H3;/q2*-1;+2. The van der Waals surface area contributed by atoms with Gasteiger partial charge < -0.3 is 20.0 Å². The minimum absolute atomic E-state index is 0. The molecule has 0 aromatic heterocycles. The van der Waals surface area contributed by atoms with Crippen molar-refractivity contribution in [3.05, 3.63) is 0 Å². The van der Waals surface area contributed by atoms with Gasteiger partial charge in [-0.2, -0.15) is 0 Å². The average Bonchev–Trinajstić information content (AvgIpc) is 2.16. The van der Waals surface area contributed by atoms with Crippen molar-refractivity contribution in [2.45, 2.75) is 38.9 Å². The van der Waals surface area contributed by atoms with Crippen molar-refractivity contribution >= 4 is 0 Å². The van der Waals surface area contributed by atoms with Crippen LogP contribution < -0.4 is 10.2 Å². The fourth-order valence-electron chi connectivity index (χ4n) is 1.07. The summed E-state index contributed by atoms with van der Waals surface area (Å²) < 4.78 is 0. The predicted molar refractivity (Wildman–Crippen MR) is 65.3 cm³/mol. The Kier molecular flexibility index (Phi) is 19.1. The summed E-state index contributed by atoms with van der Waals surface area (Å²) in [5.41, 5.74) is 0. The molecule has 0 rings (SSSR count). The van der Waals surface area contributed by atoms with Gasteiger partial charge in [0.05, 0.1) is 0 Å². The van der Waals surface area contributed by atoms with E-state index >= 15 is 0 Å². The van der Waals surface area contributed by atoms with Gasteiger partial charge in [0.2, 0.25) is 0 Å². The molecular weight excluding hydrogens is 263 g/mol. The number of hydrogen-bond acceptors (Lipinski definition) is 4. The number of hydrogen-bond donors (Lipinski definition) is 0. The van der Waals surface area contributed by atoms with Crippen molar-refractivity contribution in [3.8, 4) is 0 Å². The minimum atomic E-state index is -0.398. The quantitative estimate of drug-likeness (QED) is 0.612. The first-order chi connectivity index (χ1) is 7.33. The predicted octanol–water partition coefficient (Wildman–Crippen LogP) is -0.629. The molecule has 17 heavy (non-hydrogen) atoms. The molecule has 0 bridgehead atoms. The van der Waals surface area contributed by atoms with Gasteiger partial charge in [-0.15, -0.1) is 12.2 Å². The summed E-state index contributed by atoms with van der Waals surface area (Å²) in [7, 11) is 7.67. The van der Waals surface area contributed by atoms with Gasteiger partial charge in [0.1, 0.15) is 0 Å². The molecule has 2 atom stereocenters. The molecule has 0 aromatic rings. The molecular formula is C12H28N2NiO2. The summed E-state index contributed by atoms with van der Waals surface area (Å²) in [6.07, 6.45) is 0.672. The molecule has 0 N–H and O–H groups in total. The SMILES string of the molecule is CCC([O-])CN(C)C.CCC([O-])CN(C)C.[Ni+2]. The normalized spacial score (nSPS) is 13.8. The second-order valence-electron chi connectivity index (χ2n) is 4.59. The van der Waals surface area contributed by atoms with Crippen LogP contribution in [0.5, 0.6) is 0 Å². The van der Waals surface area contributed by atoms with Crippen LogP contribution in [0.15, 0.2) is 0 Å². The molecule has 0 amide bonds. The summed E-state index contributed by atoms with van der Waals surface area (Å²) >= 11 is 0. The molecule has 4 nitrogen and oxygen atoms in total. The van der Waals surface area contributed by atoms with Crippen LogP contribution in [0, 0.1) is 0 Å². The molecule has 0 saturated carbocycles. The topological polar surface area (TPSA) is 52.6 Å². The van der Waals surface area contributed by atoms with Crippen molar-refractivity contribution < 1.29 is 26.7 Å². The third-order valence-electron chi connectivity index (χ3n) is 2.05. The largest absolute Gasteiger partial charge is 2.00 e. The summed E-state index contributed by atoms with van der Waals surface area (Å²) in [5, 5.41) is 21.3. The van der Waals surface area contributed by atoms with Gasteiger partial charge in [-0.3, -0.25) is 0 Å². The smallest absolute Gasteiger partial charge is 0.851 e. The van der Waals surface area contributed by atoms with E-state index in [1.54, 1.807) is 0 Å². The molecule has 108 valence electrons. The van der Waals surface area contributed by atoms with Crippen molar-refractivity contribution in [2.75, 3.05) is 41.3 Å². The van der Waals surface area contributed by atoms with Crippen molar-refractivity contribution in [1.82, 2.24) is 9.80 Å². The Morgan fingerprint density at radius 1 is 0.765 bits per heavy atom. The van der Waals surface area contributed by atoms with E-state index in [1.807, 2.05) is 51.8 Å². The second kappa shape index (κ2) is 14.4. The zero-order valence-corrected chi connectivity index (χ0v) is 13.0. The van der Waals surface area contributed by atoms with Crippen LogP contribution in [0.1, 0.15) is 26.7 Å². The Bertz CT molecular complexity index is 130. The third-order valence-corrected chi connectivity index (χ3v) is 2.05. The van der Waals surface area contributed by atoms with E-state index in [9.17, 15) is 10.2 Å². The molecule has 0 heterocycles. The first-order valence-electron chi connectivity index (χ1n) is 5.94. The Balaban J connectivity index is -0.000000218. The van der Waals surface area contributed by atoms with Gasteiger partial charge in [0, 0.05) is 0 Å². The van der Waals surface area contributed by atoms with Crippen LogP contribution in [-0.4, -0.2) is 63.3 Å². The average molecular weight is 291 g/mol. The van der Waals surface area contributed by atoms with E-state index < -0.39 is 12.2 Å². The van der Waals surface area contributed by atoms with E-state index in [2.05, 4.69) is 0 Å². The summed E-state index contributed by atoms with van der Waals surface area (Å²) in [6.45, 7) is 5.16. The maximum Gasteiger partial charge on any atom is 2.00 e. The second-order valence-corrected chi connectivity index (χ2v) is 4.59. The van der Waals surface area contributed by atoms with E-state index in [0.717, 1.165) is 12.8 Å². The van der Waals surface area contributed by atoms with Crippen molar-refractivity contribution in [2.24, 2.45) is 0 Å². The van der Waals surface area contributed by atoms with E-state index in [4.69, 9.17) is 0 Å². The van der Waals surface area contributed by atoms with Crippen LogP contribution in [0.2, 0.25) is 0 Å². The molecule has 0 fully saturated rings. The van der Waals surface area contributed by atoms with Crippen LogP contribution in [0.4, 0.5) is 0 Å². The van der Waals surface area contributed by atoms with Gasteiger partial charge in [-0.25, -0.2) is 0 Å².